The third-order valence-corrected chi connectivity index (χ3v) is 1.92. The topological polar surface area (TPSA) is 66.3 Å². The quantitative estimate of drug-likeness (QED) is 0.782. The number of aryl methyl sites for hydroxylation is 1. The summed E-state index contributed by atoms with van der Waals surface area (Å²) in [6.45, 7) is 1.98. The van der Waals surface area contributed by atoms with E-state index in [2.05, 4.69) is 16.9 Å². The molecular weight excluding hydrogens is 194 g/mol. The van der Waals surface area contributed by atoms with Gasteiger partial charge in [0.15, 0.2) is 0 Å². The molecule has 0 fully saturated rings. The van der Waals surface area contributed by atoms with E-state index in [1.165, 1.54) is 4.90 Å². The van der Waals surface area contributed by atoms with E-state index in [1.54, 1.807) is 13.2 Å². The number of carboxylic acid groups (broad SMARTS) is 1. The molecule has 0 spiro atoms. The molecule has 1 aromatic heterocycles. The third kappa shape index (κ3) is 3.53. The second-order valence-corrected chi connectivity index (χ2v) is 3.35. The van der Waals surface area contributed by atoms with Gasteiger partial charge in [0, 0.05) is 18.9 Å². The predicted molar refractivity (Wildman–Crippen MR) is 56.9 cm³/mol. The number of hydrogen-bond acceptors (Lipinski definition) is 4. The lowest BCUT2D eigenvalue weighted by molar-refractivity contribution is -0.135. The van der Waals surface area contributed by atoms with Gasteiger partial charge in [0.25, 0.3) is 0 Å². The van der Waals surface area contributed by atoms with Crippen molar-refractivity contribution >= 4 is 11.9 Å². The molecule has 0 aromatic carbocycles. The van der Waals surface area contributed by atoms with Gasteiger partial charge >= 0.3 is 5.97 Å². The van der Waals surface area contributed by atoms with Crippen LogP contribution in [0.2, 0.25) is 0 Å². The number of carboxylic acids is 1. The van der Waals surface area contributed by atoms with Crippen LogP contribution in [0.15, 0.2) is 12.3 Å². The smallest absolute Gasteiger partial charge is 0.323 e. The Morgan fingerprint density at radius 1 is 1.60 bits per heavy atom. The van der Waals surface area contributed by atoms with Crippen LogP contribution < -0.4 is 4.90 Å². The van der Waals surface area contributed by atoms with E-state index in [0.717, 1.165) is 18.5 Å². The van der Waals surface area contributed by atoms with Crippen molar-refractivity contribution in [3.05, 3.63) is 18.0 Å². The van der Waals surface area contributed by atoms with Crippen LogP contribution in [0.1, 0.15) is 19.0 Å². The molecule has 0 atom stereocenters. The van der Waals surface area contributed by atoms with Crippen molar-refractivity contribution in [3.63, 3.8) is 0 Å². The van der Waals surface area contributed by atoms with E-state index in [1.807, 2.05) is 6.07 Å². The van der Waals surface area contributed by atoms with Crippen LogP contribution in [0.25, 0.3) is 0 Å². The zero-order valence-electron chi connectivity index (χ0n) is 8.97. The Kier molecular flexibility index (Phi) is 4.03. The Bertz CT molecular complexity index is 341. The first-order valence-electron chi connectivity index (χ1n) is 4.88. The minimum absolute atomic E-state index is 0.0877. The summed E-state index contributed by atoms with van der Waals surface area (Å²) in [7, 11) is 1.67. The standard InChI is InChI=1S/C10H15N3O2/c1-3-4-8-5-6-11-10(12-8)13(2)7-9(14)15/h5-6H,3-4,7H2,1-2H3,(H,14,15). The number of nitrogens with zero attached hydrogens (tertiary/aromatic N) is 3. The molecule has 0 bridgehead atoms. The number of aromatic nitrogens is 2. The first-order valence-corrected chi connectivity index (χ1v) is 4.88. The molecule has 15 heavy (non-hydrogen) atoms. The van der Waals surface area contributed by atoms with Crippen molar-refractivity contribution in [2.75, 3.05) is 18.5 Å². The highest BCUT2D eigenvalue weighted by atomic mass is 16.4. The van der Waals surface area contributed by atoms with Gasteiger partial charge in [-0.3, -0.25) is 4.79 Å². The van der Waals surface area contributed by atoms with Crippen LogP contribution in [-0.4, -0.2) is 34.6 Å². The van der Waals surface area contributed by atoms with Gasteiger partial charge in [0.1, 0.15) is 6.54 Å². The molecule has 0 saturated carbocycles. The average Bonchev–Trinajstić information content (AvgIpc) is 2.17. The fraction of sp³-hybridized carbons (Fsp3) is 0.500. The summed E-state index contributed by atoms with van der Waals surface area (Å²) in [6.07, 6.45) is 3.56. The van der Waals surface area contributed by atoms with Crippen molar-refractivity contribution in [1.82, 2.24) is 9.97 Å². The van der Waals surface area contributed by atoms with Crippen LogP contribution >= 0.6 is 0 Å². The van der Waals surface area contributed by atoms with Crippen molar-refractivity contribution in [2.24, 2.45) is 0 Å². The Morgan fingerprint density at radius 2 is 2.33 bits per heavy atom. The van der Waals surface area contributed by atoms with E-state index < -0.39 is 5.97 Å². The summed E-state index contributed by atoms with van der Waals surface area (Å²) >= 11 is 0. The molecule has 1 heterocycles. The van der Waals surface area contributed by atoms with Gasteiger partial charge in [-0.05, 0) is 12.5 Å². The zero-order chi connectivity index (χ0) is 11.3. The van der Waals surface area contributed by atoms with Crippen molar-refractivity contribution in [1.29, 1.82) is 0 Å². The predicted octanol–water partition coefficient (Wildman–Crippen LogP) is 0.950. The maximum Gasteiger partial charge on any atom is 0.323 e. The Labute approximate surface area is 88.8 Å². The zero-order valence-corrected chi connectivity index (χ0v) is 8.97. The fourth-order valence-electron chi connectivity index (χ4n) is 1.24. The van der Waals surface area contributed by atoms with Gasteiger partial charge in [-0.25, -0.2) is 9.97 Å². The van der Waals surface area contributed by atoms with Gasteiger partial charge in [-0.1, -0.05) is 13.3 Å². The summed E-state index contributed by atoms with van der Waals surface area (Å²) in [5, 5.41) is 8.62. The van der Waals surface area contributed by atoms with E-state index in [-0.39, 0.29) is 6.54 Å². The monoisotopic (exact) mass is 209 g/mol. The molecule has 1 rings (SSSR count). The van der Waals surface area contributed by atoms with Gasteiger partial charge in [-0.15, -0.1) is 0 Å². The second-order valence-electron chi connectivity index (χ2n) is 3.35. The number of likely N-dealkylation sites (N-methyl/N-ethyl adjacent to an activating group) is 1. The van der Waals surface area contributed by atoms with E-state index in [4.69, 9.17) is 5.11 Å². The third-order valence-electron chi connectivity index (χ3n) is 1.92. The summed E-state index contributed by atoms with van der Waals surface area (Å²) < 4.78 is 0. The molecule has 1 N–H and O–H groups in total. The van der Waals surface area contributed by atoms with Crippen LogP contribution in [-0.2, 0) is 11.2 Å². The van der Waals surface area contributed by atoms with E-state index in [9.17, 15) is 4.79 Å². The fourth-order valence-corrected chi connectivity index (χ4v) is 1.24. The molecule has 0 aliphatic carbocycles. The molecule has 5 heteroatoms. The Hall–Kier alpha value is -1.65. The normalized spacial score (nSPS) is 10.0. The second kappa shape index (κ2) is 5.29. The highest BCUT2D eigenvalue weighted by Gasteiger charge is 2.08. The Balaban J connectivity index is 2.75. The van der Waals surface area contributed by atoms with Gasteiger partial charge < -0.3 is 10.0 Å². The SMILES string of the molecule is CCCc1ccnc(N(C)CC(=O)O)n1. The largest absolute Gasteiger partial charge is 0.480 e. The molecule has 0 unspecified atom stereocenters. The number of hydrogen-bond donors (Lipinski definition) is 1. The molecule has 0 aliphatic rings. The summed E-state index contributed by atoms with van der Waals surface area (Å²) in [6, 6.07) is 1.85. The minimum Gasteiger partial charge on any atom is -0.480 e. The molecule has 0 saturated heterocycles. The number of rotatable bonds is 5. The molecule has 5 nitrogen and oxygen atoms in total. The van der Waals surface area contributed by atoms with Gasteiger partial charge in [-0.2, -0.15) is 0 Å². The molecule has 0 aliphatic heterocycles. The molecule has 0 radical (unpaired) electrons. The lowest BCUT2D eigenvalue weighted by atomic mass is 10.2. The highest BCUT2D eigenvalue weighted by Crippen LogP contribution is 2.06. The first kappa shape index (κ1) is 11.4. The molecular formula is C10H15N3O2. The summed E-state index contributed by atoms with van der Waals surface area (Å²) in [5.41, 5.74) is 0.944. The van der Waals surface area contributed by atoms with Gasteiger partial charge in [0.2, 0.25) is 5.95 Å². The van der Waals surface area contributed by atoms with Crippen molar-refractivity contribution in [2.45, 2.75) is 19.8 Å². The Morgan fingerprint density at radius 3 is 2.93 bits per heavy atom. The molecule has 1 aromatic rings. The molecule has 0 amide bonds. The van der Waals surface area contributed by atoms with Crippen LogP contribution in [0.4, 0.5) is 5.95 Å². The number of anilines is 1. The minimum atomic E-state index is -0.887. The van der Waals surface area contributed by atoms with Crippen LogP contribution in [0.3, 0.4) is 0 Å². The maximum atomic E-state index is 10.5. The summed E-state index contributed by atoms with van der Waals surface area (Å²) in [4.78, 5) is 20.3. The number of carbonyl (C=O) groups is 1. The van der Waals surface area contributed by atoms with Crippen LogP contribution in [0, 0.1) is 0 Å². The lowest BCUT2D eigenvalue weighted by Crippen LogP contribution is -2.27. The average molecular weight is 209 g/mol. The van der Waals surface area contributed by atoms with Crippen LogP contribution in [0.5, 0.6) is 0 Å². The van der Waals surface area contributed by atoms with Crippen molar-refractivity contribution in [3.8, 4) is 0 Å². The molecule has 82 valence electrons. The lowest BCUT2D eigenvalue weighted by Gasteiger charge is -2.14. The van der Waals surface area contributed by atoms with Crippen molar-refractivity contribution < 1.29 is 9.90 Å². The van der Waals surface area contributed by atoms with E-state index >= 15 is 0 Å². The maximum absolute atomic E-state index is 10.5. The van der Waals surface area contributed by atoms with Gasteiger partial charge in [0.05, 0.1) is 0 Å². The first-order chi connectivity index (χ1) is 7.13. The highest BCUT2D eigenvalue weighted by molar-refractivity contribution is 5.72. The summed E-state index contributed by atoms with van der Waals surface area (Å²) in [5.74, 6) is -0.426. The van der Waals surface area contributed by atoms with E-state index in [0.29, 0.717) is 5.95 Å². The number of aliphatic carboxylic acids is 1.